The zero-order valence-corrected chi connectivity index (χ0v) is 11.5. The van der Waals surface area contributed by atoms with Crippen molar-refractivity contribution in [3.63, 3.8) is 0 Å². The summed E-state index contributed by atoms with van der Waals surface area (Å²) in [6.07, 6.45) is 7.39. The summed E-state index contributed by atoms with van der Waals surface area (Å²) >= 11 is 0. The van der Waals surface area contributed by atoms with Crippen molar-refractivity contribution in [2.24, 2.45) is 5.41 Å². The van der Waals surface area contributed by atoms with Crippen molar-refractivity contribution < 1.29 is 19.0 Å². The first-order valence-corrected chi connectivity index (χ1v) is 7.16. The second kappa shape index (κ2) is 4.83. The van der Waals surface area contributed by atoms with Crippen LogP contribution in [0.5, 0.6) is 0 Å². The van der Waals surface area contributed by atoms with E-state index in [4.69, 9.17) is 14.2 Å². The molecule has 0 aromatic heterocycles. The number of esters is 1. The van der Waals surface area contributed by atoms with Crippen molar-refractivity contribution in [3.05, 3.63) is 60.4 Å². The molecule has 2 bridgehead atoms. The number of ether oxygens (including phenoxy) is 3. The summed E-state index contributed by atoms with van der Waals surface area (Å²) in [5.41, 5.74) is 0.479. The van der Waals surface area contributed by atoms with Gasteiger partial charge >= 0.3 is 5.97 Å². The highest BCUT2D eigenvalue weighted by molar-refractivity contribution is 5.83. The lowest BCUT2D eigenvalue weighted by Crippen LogP contribution is -2.34. The van der Waals surface area contributed by atoms with Gasteiger partial charge in [0.15, 0.2) is 0 Å². The van der Waals surface area contributed by atoms with E-state index < -0.39 is 5.41 Å². The van der Waals surface area contributed by atoms with Gasteiger partial charge in [-0.15, -0.1) is 0 Å². The average Bonchev–Trinajstić information content (AvgIpc) is 3.02. The van der Waals surface area contributed by atoms with Gasteiger partial charge in [0.1, 0.15) is 11.5 Å². The van der Waals surface area contributed by atoms with E-state index in [2.05, 4.69) is 0 Å². The summed E-state index contributed by atoms with van der Waals surface area (Å²) in [6, 6.07) is 10.0. The summed E-state index contributed by atoms with van der Waals surface area (Å²) in [5.74, 6) is -0.219. The maximum atomic E-state index is 12.0. The number of rotatable bonds is 3. The van der Waals surface area contributed by atoms with Gasteiger partial charge in [0.25, 0.3) is 0 Å². The number of fused-ring (bicyclic) bond motifs is 3. The van der Waals surface area contributed by atoms with Gasteiger partial charge in [-0.05, 0) is 18.1 Å². The van der Waals surface area contributed by atoms with Crippen LogP contribution in [-0.4, -0.2) is 24.3 Å². The van der Waals surface area contributed by atoms with Crippen LogP contribution < -0.4 is 0 Å². The molecule has 4 atom stereocenters. The van der Waals surface area contributed by atoms with Gasteiger partial charge in [-0.2, -0.15) is 0 Å². The van der Waals surface area contributed by atoms with Crippen LogP contribution in [0.2, 0.25) is 0 Å². The smallest absolute Gasteiger partial charge is 0.323 e. The van der Waals surface area contributed by atoms with Gasteiger partial charge in [-0.1, -0.05) is 42.5 Å². The van der Waals surface area contributed by atoms with Crippen LogP contribution in [0.3, 0.4) is 0 Å². The lowest BCUT2D eigenvalue weighted by Gasteiger charge is -2.25. The normalized spacial score (nSPS) is 36.4. The van der Waals surface area contributed by atoms with Gasteiger partial charge in [-0.3, -0.25) is 4.79 Å². The summed E-state index contributed by atoms with van der Waals surface area (Å²) < 4.78 is 16.9. The van der Waals surface area contributed by atoms with Gasteiger partial charge in [0, 0.05) is 0 Å². The van der Waals surface area contributed by atoms with Crippen LogP contribution >= 0.6 is 0 Å². The maximum absolute atomic E-state index is 12.0. The molecule has 0 radical (unpaired) electrons. The average molecular weight is 284 g/mol. The third kappa shape index (κ3) is 2.03. The molecular formula is C17H16O4. The minimum absolute atomic E-state index is 0.0981. The molecule has 0 amide bonds. The van der Waals surface area contributed by atoms with Gasteiger partial charge in [-0.25, -0.2) is 0 Å². The maximum Gasteiger partial charge on any atom is 0.323 e. The monoisotopic (exact) mass is 284 g/mol. The van der Waals surface area contributed by atoms with E-state index in [1.54, 1.807) is 0 Å². The molecule has 4 heteroatoms. The van der Waals surface area contributed by atoms with Crippen LogP contribution in [0, 0.1) is 5.41 Å². The molecule has 21 heavy (non-hydrogen) atoms. The highest BCUT2D eigenvalue weighted by Gasteiger charge is 2.57. The Morgan fingerprint density at radius 3 is 2.86 bits per heavy atom. The molecule has 1 spiro atoms. The molecule has 0 aliphatic carbocycles. The van der Waals surface area contributed by atoms with Crippen molar-refractivity contribution in [2.45, 2.75) is 31.3 Å². The Morgan fingerprint density at radius 1 is 1.24 bits per heavy atom. The molecule has 4 nitrogen and oxygen atoms in total. The van der Waals surface area contributed by atoms with E-state index in [9.17, 15) is 4.79 Å². The third-order valence-corrected chi connectivity index (χ3v) is 4.42. The highest BCUT2D eigenvalue weighted by atomic mass is 16.6. The first-order valence-electron chi connectivity index (χ1n) is 7.16. The van der Waals surface area contributed by atoms with Crippen molar-refractivity contribution in [1.82, 2.24) is 0 Å². The highest BCUT2D eigenvalue weighted by Crippen LogP contribution is 2.48. The van der Waals surface area contributed by atoms with Crippen LogP contribution in [0.15, 0.2) is 54.8 Å². The molecule has 1 fully saturated rings. The zero-order valence-electron chi connectivity index (χ0n) is 11.5. The molecule has 4 rings (SSSR count). The number of benzene rings is 1. The Balaban J connectivity index is 1.47. The van der Waals surface area contributed by atoms with Gasteiger partial charge < -0.3 is 14.2 Å². The largest absolute Gasteiger partial charge is 0.434 e. The second-order valence-corrected chi connectivity index (χ2v) is 5.69. The zero-order chi connectivity index (χ0) is 14.3. The summed E-state index contributed by atoms with van der Waals surface area (Å²) in [7, 11) is 0. The van der Waals surface area contributed by atoms with E-state index in [0.29, 0.717) is 13.0 Å². The van der Waals surface area contributed by atoms with Crippen LogP contribution in [0.25, 0.3) is 0 Å². The van der Waals surface area contributed by atoms with E-state index in [-0.39, 0.29) is 24.3 Å². The molecule has 3 aliphatic rings. The first-order chi connectivity index (χ1) is 10.3. The molecule has 0 N–H and O–H groups in total. The van der Waals surface area contributed by atoms with E-state index >= 15 is 0 Å². The van der Waals surface area contributed by atoms with E-state index in [0.717, 1.165) is 5.56 Å². The molecule has 3 aliphatic heterocycles. The lowest BCUT2D eigenvalue weighted by atomic mass is 9.81. The van der Waals surface area contributed by atoms with Crippen LogP contribution in [-0.2, 0) is 25.6 Å². The Kier molecular flexibility index (Phi) is 2.94. The second-order valence-electron chi connectivity index (χ2n) is 5.69. The van der Waals surface area contributed by atoms with Crippen LogP contribution in [0.4, 0.5) is 0 Å². The fourth-order valence-electron chi connectivity index (χ4n) is 3.24. The van der Waals surface area contributed by atoms with Crippen molar-refractivity contribution >= 4 is 5.97 Å². The summed E-state index contributed by atoms with van der Waals surface area (Å²) in [6.45, 7) is 0.535. The topological polar surface area (TPSA) is 44.8 Å². The quantitative estimate of drug-likeness (QED) is 0.631. The Labute approximate surface area is 123 Å². The number of cyclic esters (lactones) is 1. The first kappa shape index (κ1) is 12.8. The number of hydrogen-bond donors (Lipinski definition) is 0. The number of carbonyl (C=O) groups excluding carboxylic acids is 1. The molecular weight excluding hydrogens is 268 g/mol. The summed E-state index contributed by atoms with van der Waals surface area (Å²) in [4.78, 5) is 12.0. The Hall–Kier alpha value is -1.91. The molecule has 1 aromatic rings. The third-order valence-electron chi connectivity index (χ3n) is 4.42. The van der Waals surface area contributed by atoms with Crippen molar-refractivity contribution in [3.8, 4) is 0 Å². The lowest BCUT2D eigenvalue weighted by molar-refractivity contribution is -0.145. The number of carbonyl (C=O) groups is 1. The Morgan fingerprint density at radius 2 is 2.10 bits per heavy atom. The fourth-order valence-corrected chi connectivity index (χ4v) is 3.24. The Bertz CT molecular complexity index is 606. The standard InChI is InChI=1S/C17H16O4/c18-16-17(8-9-19-16)10-14-13(6-7-15(17)21-14)20-11-12-4-2-1-3-5-12/h1-9,13-15H,10-11H2/t13?,14?,15?,17-/m0/s1. The van der Waals surface area contributed by atoms with Crippen LogP contribution in [0.1, 0.15) is 12.0 Å². The molecule has 3 heterocycles. The van der Waals surface area contributed by atoms with Crippen molar-refractivity contribution in [2.75, 3.05) is 0 Å². The van der Waals surface area contributed by atoms with Gasteiger partial charge in [0.2, 0.25) is 0 Å². The molecule has 108 valence electrons. The molecule has 3 unspecified atom stereocenters. The number of hydrogen-bond acceptors (Lipinski definition) is 4. The minimum Gasteiger partial charge on any atom is -0.434 e. The van der Waals surface area contributed by atoms with Crippen molar-refractivity contribution in [1.29, 1.82) is 0 Å². The molecule has 1 saturated heterocycles. The van der Waals surface area contributed by atoms with E-state index in [1.807, 2.05) is 48.6 Å². The molecule has 1 aromatic carbocycles. The fraction of sp³-hybridized carbons (Fsp3) is 0.353. The van der Waals surface area contributed by atoms with E-state index in [1.165, 1.54) is 6.26 Å². The summed E-state index contributed by atoms with van der Waals surface area (Å²) in [5, 5.41) is 0. The molecule has 0 saturated carbocycles. The SMILES string of the molecule is O=C1OC=C[C@@]12CC1OC2C=CC1OCc1ccccc1. The predicted octanol–water partition coefficient (Wildman–Crippen LogP) is 2.36. The predicted molar refractivity (Wildman–Crippen MR) is 75.1 cm³/mol. The van der Waals surface area contributed by atoms with Gasteiger partial charge in [0.05, 0.1) is 25.1 Å². The minimum atomic E-state index is -0.647.